The highest BCUT2D eigenvalue weighted by Gasteiger charge is 2.21. The number of nitrogens with zero attached hydrogens (tertiary/aromatic N) is 3. The summed E-state index contributed by atoms with van der Waals surface area (Å²) in [5.74, 6) is -0.0980. The summed E-state index contributed by atoms with van der Waals surface area (Å²) >= 11 is 0. The first-order chi connectivity index (χ1) is 14.0. The lowest BCUT2D eigenvalue weighted by Gasteiger charge is -2.23. The highest BCUT2D eigenvalue weighted by molar-refractivity contribution is 5.90. The minimum atomic E-state index is -0.444. The van der Waals surface area contributed by atoms with Crippen LogP contribution in [0.5, 0.6) is 0 Å². The summed E-state index contributed by atoms with van der Waals surface area (Å²) in [5, 5.41) is 2.65. The topological polar surface area (TPSA) is 74.8 Å². The third-order valence-electron chi connectivity index (χ3n) is 4.73. The maximum Gasteiger partial charge on any atom is 0.339 e. The molecule has 0 unspecified atom stereocenters. The van der Waals surface area contributed by atoms with E-state index in [0.29, 0.717) is 31.8 Å². The second-order valence-electron chi connectivity index (χ2n) is 6.87. The number of aryl methyl sites for hydroxylation is 1. The number of amides is 2. The molecule has 1 saturated heterocycles. The van der Waals surface area contributed by atoms with Crippen LogP contribution in [0, 0.1) is 12.7 Å². The fourth-order valence-corrected chi connectivity index (χ4v) is 3.17. The van der Waals surface area contributed by atoms with Crippen LogP contribution in [0.25, 0.3) is 0 Å². The van der Waals surface area contributed by atoms with Crippen LogP contribution in [-0.4, -0.2) is 54.7 Å². The van der Waals surface area contributed by atoms with Gasteiger partial charge >= 0.3 is 12.0 Å². The number of urea groups is 1. The molecule has 1 N–H and O–H groups in total. The Balaban J connectivity index is 1.59. The third kappa shape index (κ3) is 5.22. The van der Waals surface area contributed by atoms with Crippen molar-refractivity contribution in [1.29, 1.82) is 0 Å². The van der Waals surface area contributed by atoms with Crippen LogP contribution < -0.4 is 10.2 Å². The van der Waals surface area contributed by atoms with Crippen molar-refractivity contribution in [2.75, 3.05) is 43.0 Å². The lowest BCUT2D eigenvalue weighted by atomic mass is 10.2. The average molecular weight is 400 g/mol. The molecule has 0 aliphatic carbocycles. The van der Waals surface area contributed by atoms with Crippen LogP contribution in [0.2, 0.25) is 0 Å². The Kier molecular flexibility index (Phi) is 6.64. The summed E-state index contributed by atoms with van der Waals surface area (Å²) in [6.07, 6.45) is 2.26. The number of hydrogen-bond donors (Lipinski definition) is 1. The van der Waals surface area contributed by atoms with E-state index >= 15 is 0 Å². The van der Waals surface area contributed by atoms with Gasteiger partial charge in [0.05, 0.1) is 17.9 Å². The monoisotopic (exact) mass is 400 g/mol. The molecular formula is C21H25FN4O3. The number of hydrogen-bond acceptors (Lipinski definition) is 5. The fraction of sp³-hybridized carbons (Fsp3) is 0.381. The predicted molar refractivity (Wildman–Crippen MR) is 109 cm³/mol. The van der Waals surface area contributed by atoms with Gasteiger partial charge in [0.1, 0.15) is 11.6 Å². The number of ether oxygens (including phenoxy) is 1. The van der Waals surface area contributed by atoms with E-state index in [-0.39, 0.29) is 11.7 Å². The van der Waals surface area contributed by atoms with Gasteiger partial charge in [-0.3, -0.25) is 0 Å². The third-order valence-corrected chi connectivity index (χ3v) is 4.73. The van der Waals surface area contributed by atoms with E-state index < -0.39 is 11.8 Å². The van der Waals surface area contributed by atoms with Gasteiger partial charge in [0.2, 0.25) is 0 Å². The molecule has 1 aliphatic rings. The normalized spacial score (nSPS) is 14.3. The Morgan fingerprint density at radius 3 is 2.69 bits per heavy atom. The molecule has 2 heterocycles. The van der Waals surface area contributed by atoms with E-state index in [2.05, 4.69) is 15.2 Å². The molecule has 0 radical (unpaired) electrons. The molecule has 3 rings (SSSR count). The van der Waals surface area contributed by atoms with Crippen LogP contribution >= 0.6 is 0 Å². The number of benzene rings is 1. The summed E-state index contributed by atoms with van der Waals surface area (Å²) in [5.41, 5.74) is 1.39. The van der Waals surface area contributed by atoms with E-state index in [4.69, 9.17) is 4.74 Å². The first kappa shape index (κ1) is 20.6. The Morgan fingerprint density at radius 2 is 2.00 bits per heavy atom. The number of nitrogens with one attached hydrogen (secondary N) is 1. The Labute approximate surface area is 169 Å². The number of rotatable bonds is 4. The largest absolute Gasteiger partial charge is 0.462 e. The first-order valence-corrected chi connectivity index (χ1v) is 9.68. The van der Waals surface area contributed by atoms with Crippen molar-refractivity contribution >= 4 is 23.5 Å². The zero-order chi connectivity index (χ0) is 20.8. The molecule has 8 heteroatoms. The standard InChI is InChI=1S/C21H25FN4O3/c1-3-29-20(27)16-6-8-19(23-14-16)25-9-4-10-26(12-11-25)21(28)24-18-7-5-15(2)13-17(18)22/h5-8,13-14H,3-4,9-12H2,1-2H3,(H,24,28). The molecule has 29 heavy (non-hydrogen) atoms. The molecule has 1 aliphatic heterocycles. The van der Waals surface area contributed by atoms with Gasteiger partial charge < -0.3 is 19.9 Å². The van der Waals surface area contributed by atoms with E-state index in [1.807, 2.05) is 0 Å². The van der Waals surface area contributed by atoms with Crippen molar-refractivity contribution in [3.05, 3.63) is 53.5 Å². The van der Waals surface area contributed by atoms with Gasteiger partial charge in [0.15, 0.2) is 0 Å². The molecule has 0 saturated carbocycles. The molecule has 0 atom stereocenters. The lowest BCUT2D eigenvalue weighted by molar-refractivity contribution is 0.0526. The van der Waals surface area contributed by atoms with Crippen LogP contribution in [0.1, 0.15) is 29.3 Å². The zero-order valence-corrected chi connectivity index (χ0v) is 16.7. The Bertz CT molecular complexity index is 873. The number of halogens is 1. The molecule has 0 spiro atoms. The SMILES string of the molecule is CCOC(=O)c1ccc(N2CCCN(C(=O)Nc3ccc(C)cc3F)CC2)nc1. The fourth-order valence-electron chi connectivity index (χ4n) is 3.17. The van der Waals surface area contributed by atoms with E-state index in [9.17, 15) is 14.0 Å². The van der Waals surface area contributed by atoms with Crippen molar-refractivity contribution in [1.82, 2.24) is 9.88 Å². The Hall–Kier alpha value is -3.16. The van der Waals surface area contributed by atoms with Crippen molar-refractivity contribution in [2.24, 2.45) is 0 Å². The predicted octanol–water partition coefficient (Wildman–Crippen LogP) is 3.45. The van der Waals surface area contributed by atoms with E-state index in [0.717, 1.165) is 24.3 Å². The van der Waals surface area contributed by atoms with Gasteiger partial charge in [0.25, 0.3) is 0 Å². The number of pyridine rings is 1. The van der Waals surface area contributed by atoms with Gasteiger partial charge in [0, 0.05) is 32.4 Å². The molecule has 1 fully saturated rings. The van der Waals surface area contributed by atoms with Crippen LogP contribution in [0.4, 0.5) is 20.7 Å². The number of anilines is 2. The van der Waals surface area contributed by atoms with E-state index in [1.54, 1.807) is 43.0 Å². The van der Waals surface area contributed by atoms with Crippen molar-refractivity contribution in [3.63, 3.8) is 0 Å². The number of aromatic nitrogens is 1. The van der Waals surface area contributed by atoms with Gasteiger partial charge in [-0.05, 0) is 50.1 Å². The van der Waals surface area contributed by atoms with Crippen molar-refractivity contribution in [2.45, 2.75) is 20.3 Å². The highest BCUT2D eigenvalue weighted by atomic mass is 19.1. The summed E-state index contributed by atoms with van der Waals surface area (Å²) in [7, 11) is 0. The quantitative estimate of drug-likeness (QED) is 0.796. The first-order valence-electron chi connectivity index (χ1n) is 9.68. The van der Waals surface area contributed by atoms with E-state index in [1.165, 1.54) is 12.3 Å². The maximum absolute atomic E-state index is 14.0. The summed E-state index contributed by atoms with van der Waals surface area (Å²) in [4.78, 5) is 32.4. The lowest BCUT2D eigenvalue weighted by Crippen LogP contribution is -2.38. The number of esters is 1. The molecule has 2 amide bonds. The Morgan fingerprint density at radius 1 is 1.17 bits per heavy atom. The molecular weight excluding hydrogens is 375 g/mol. The minimum Gasteiger partial charge on any atom is -0.462 e. The molecule has 1 aromatic carbocycles. The van der Waals surface area contributed by atoms with Crippen LogP contribution in [0.3, 0.4) is 0 Å². The summed E-state index contributed by atoms with van der Waals surface area (Å²) in [6, 6.07) is 7.88. The minimum absolute atomic E-state index is 0.179. The van der Waals surface area contributed by atoms with Gasteiger partial charge in [-0.2, -0.15) is 0 Å². The zero-order valence-electron chi connectivity index (χ0n) is 16.7. The summed E-state index contributed by atoms with van der Waals surface area (Å²) < 4.78 is 19.0. The number of carbonyl (C=O) groups excluding carboxylic acids is 2. The average Bonchev–Trinajstić information content (AvgIpc) is 2.97. The molecule has 0 bridgehead atoms. The molecule has 2 aromatic rings. The molecule has 1 aromatic heterocycles. The van der Waals surface area contributed by atoms with Gasteiger partial charge in [-0.1, -0.05) is 6.07 Å². The maximum atomic E-state index is 14.0. The highest BCUT2D eigenvalue weighted by Crippen LogP contribution is 2.18. The molecule has 154 valence electrons. The summed E-state index contributed by atoms with van der Waals surface area (Å²) in [6.45, 7) is 6.25. The second kappa shape index (κ2) is 9.36. The smallest absolute Gasteiger partial charge is 0.339 e. The van der Waals surface area contributed by atoms with Crippen LogP contribution in [-0.2, 0) is 4.74 Å². The van der Waals surface area contributed by atoms with Gasteiger partial charge in [-0.25, -0.2) is 19.0 Å². The van der Waals surface area contributed by atoms with Gasteiger partial charge in [-0.15, -0.1) is 0 Å². The van der Waals surface area contributed by atoms with Crippen molar-refractivity contribution < 1.29 is 18.7 Å². The van der Waals surface area contributed by atoms with Crippen molar-refractivity contribution in [3.8, 4) is 0 Å². The number of carbonyl (C=O) groups is 2. The molecule has 7 nitrogen and oxygen atoms in total. The van der Waals surface area contributed by atoms with Crippen LogP contribution in [0.15, 0.2) is 36.5 Å². The second-order valence-corrected chi connectivity index (χ2v) is 6.87.